The minimum absolute atomic E-state index is 0.0281. The van der Waals surface area contributed by atoms with Crippen molar-refractivity contribution in [3.8, 4) is 16.9 Å². The fourth-order valence-corrected chi connectivity index (χ4v) is 5.39. The number of halogens is 2. The molecule has 0 fully saturated rings. The molecule has 0 radical (unpaired) electrons. The number of nitrogens with zero attached hydrogens (tertiary/aromatic N) is 2. The molecule has 1 N–H and O–H groups in total. The van der Waals surface area contributed by atoms with Crippen LogP contribution in [0, 0.1) is 18.8 Å². The highest BCUT2D eigenvalue weighted by molar-refractivity contribution is 6.40. The van der Waals surface area contributed by atoms with E-state index in [2.05, 4.69) is 24.0 Å². The van der Waals surface area contributed by atoms with E-state index in [1.54, 1.807) is 24.3 Å². The molecule has 0 bridgehead atoms. The second-order valence-electron chi connectivity index (χ2n) is 9.69. The van der Waals surface area contributed by atoms with Crippen molar-refractivity contribution in [3.05, 3.63) is 93.6 Å². The van der Waals surface area contributed by atoms with Gasteiger partial charge in [-0.1, -0.05) is 66.5 Å². The summed E-state index contributed by atoms with van der Waals surface area (Å²) in [5.41, 5.74) is 5.15. The van der Waals surface area contributed by atoms with Crippen molar-refractivity contribution >= 4 is 45.8 Å². The molecule has 4 aromatic rings. The number of aromatic nitrogens is 1. The summed E-state index contributed by atoms with van der Waals surface area (Å²) in [6.07, 6.45) is -0.162. The van der Waals surface area contributed by atoms with Crippen molar-refractivity contribution in [2.75, 3.05) is 6.61 Å². The molecule has 2 heterocycles. The zero-order valence-electron chi connectivity index (χ0n) is 21.1. The quantitative estimate of drug-likeness (QED) is 0.256. The molecule has 1 aliphatic rings. The standard InChI is InChI=1S/C30H26Cl2N2O4/c1-16(2)29-22(28(34-38-29)27-23(31)5-4-6-24(27)32)15-37-20-9-10-21(17(3)13-20)18-7-11-25-19(14-18)8-12-26(33-25)30(35)36/h4-14,16,22,29H,15H2,1-3H3,(H,35,36). The first-order valence-electron chi connectivity index (χ1n) is 12.3. The lowest BCUT2D eigenvalue weighted by Crippen LogP contribution is -2.33. The number of carboxylic acids is 1. The monoisotopic (exact) mass is 548 g/mol. The van der Waals surface area contributed by atoms with E-state index >= 15 is 0 Å². The molecule has 194 valence electrons. The van der Waals surface area contributed by atoms with E-state index in [9.17, 15) is 9.90 Å². The van der Waals surface area contributed by atoms with Crippen LogP contribution in [-0.2, 0) is 4.84 Å². The topological polar surface area (TPSA) is 81.0 Å². The maximum absolute atomic E-state index is 11.2. The Kier molecular flexibility index (Phi) is 7.28. The van der Waals surface area contributed by atoms with Gasteiger partial charge in [-0.15, -0.1) is 0 Å². The SMILES string of the molecule is Cc1cc(OCC2C(c3c(Cl)cccc3Cl)=NOC2C(C)C)ccc1-c1ccc2nc(C(=O)O)ccc2c1. The van der Waals surface area contributed by atoms with E-state index in [0.29, 0.717) is 33.4 Å². The number of aromatic carboxylic acids is 1. The summed E-state index contributed by atoms with van der Waals surface area (Å²) in [6, 6.07) is 20.5. The highest BCUT2D eigenvalue weighted by atomic mass is 35.5. The average molecular weight is 549 g/mol. The number of oxime groups is 1. The fourth-order valence-electron chi connectivity index (χ4n) is 4.80. The van der Waals surface area contributed by atoms with Crippen molar-refractivity contribution in [2.45, 2.75) is 26.9 Å². The van der Waals surface area contributed by atoms with Crippen molar-refractivity contribution < 1.29 is 19.5 Å². The smallest absolute Gasteiger partial charge is 0.354 e. The van der Waals surface area contributed by atoms with Crippen molar-refractivity contribution in [1.82, 2.24) is 4.98 Å². The Morgan fingerprint density at radius 2 is 1.82 bits per heavy atom. The first-order valence-corrected chi connectivity index (χ1v) is 13.0. The highest BCUT2D eigenvalue weighted by Crippen LogP contribution is 2.35. The first-order chi connectivity index (χ1) is 18.2. The maximum Gasteiger partial charge on any atom is 0.354 e. The molecule has 0 aliphatic carbocycles. The molecule has 0 spiro atoms. The van der Waals surface area contributed by atoms with Gasteiger partial charge in [0.15, 0.2) is 0 Å². The summed E-state index contributed by atoms with van der Waals surface area (Å²) in [7, 11) is 0. The molecule has 2 unspecified atom stereocenters. The Morgan fingerprint density at radius 3 is 2.50 bits per heavy atom. The third-order valence-electron chi connectivity index (χ3n) is 6.74. The highest BCUT2D eigenvalue weighted by Gasteiger charge is 2.39. The van der Waals surface area contributed by atoms with Crippen LogP contribution in [0.25, 0.3) is 22.0 Å². The molecule has 0 amide bonds. The second kappa shape index (κ2) is 10.6. The zero-order chi connectivity index (χ0) is 27.0. The Labute approximate surface area is 230 Å². The largest absolute Gasteiger partial charge is 0.493 e. The van der Waals surface area contributed by atoms with E-state index in [4.69, 9.17) is 32.8 Å². The summed E-state index contributed by atoms with van der Waals surface area (Å²) in [5, 5.41) is 15.5. The van der Waals surface area contributed by atoms with Gasteiger partial charge in [0.1, 0.15) is 29.9 Å². The Balaban J connectivity index is 1.37. The molecule has 1 aromatic heterocycles. The first kappa shape index (κ1) is 26.0. The number of ether oxygens (including phenoxy) is 1. The third kappa shape index (κ3) is 5.06. The van der Waals surface area contributed by atoms with Gasteiger partial charge in [0.2, 0.25) is 0 Å². The molecule has 2 atom stereocenters. The number of carboxylic acid groups (broad SMARTS) is 1. The van der Waals surface area contributed by atoms with Crippen LogP contribution in [0.4, 0.5) is 0 Å². The number of pyridine rings is 1. The maximum atomic E-state index is 11.2. The van der Waals surface area contributed by atoms with Gasteiger partial charge < -0.3 is 14.7 Å². The van der Waals surface area contributed by atoms with Crippen molar-refractivity contribution in [2.24, 2.45) is 17.0 Å². The van der Waals surface area contributed by atoms with Gasteiger partial charge in [0.25, 0.3) is 0 Å². The molecule has 0 saturated carbocycles. The fraction of sp³-hybridized carbons (Fsp3) is 0.233. The number of hydrogen-bond donors (Lipinski definition) is 1. The minimum atomic E-state index is -1.04. The Morgan fingerprint density at radius 1 is 1.05 bits per heavy atom. The number of carbonyl (C=O) groups is 1. The molecular weight excluding hydrogens is 523 g/mol. The summed E-state index contributed by atoms with van der Waals surface area (Å²) in [6.45, 7) is 6.56. The zero-order valence-corrected chi connectivity index (χ0v) is 22.6. The molecule has 3 aromatic carbocycles. The van der Waals surface area contributed by atoms with Crippen LogP contribution in [0.1, 0.15) is 35.5 Å². The number of benzene rings is 3. The van der Waals surface area contributed by atoms with Gasteiger partial charge in [-0.3, -0.25) is 0 Å². The predicted molar refractivity (Wildman–Crippen MR) is 151 cm³/mol. The third-order valence-corrected chi connectivity index (χ3v) is 7.37. The summed E-state index contributed by atoms with van der Waals surface area (Å²) in [5.74, 6) is -0.237. The molecule has 6 nitrogen and oxygen atoms in total. The molecular formula is C30H26Cl2N2O4. The van der Waals surface area contributed by atoms with E-state index < -0.39 is 5.97 Å². The summed E-state index contributed by atoms with van der Waals surface area (Å²) in [4.78, 5) is 21.2. The van der Waals surface area contributed by atoms with Crippen LogP contribution in [0.15, 0.2) is 71.9 Å². The molecule has 38 heavy (non-hydrogen) atoms. The molecule has 5 rings (SSSR count). The Hall–Kier alpha value is -3.61. The van der Waals surface area contributed by atoms with Gasteiger partial charge in [0.05, 0.1) is 21.5 Å². The van der Waals surface area contributed by atoms with Gasteiger partial charge in [0, 0.05) is 10.9 Å². The number of aryl methyl sites for hydroxylation is 1. The normalized spacial score (nSPS) is 16.9. The number of hydrogen-bond acceptors (Lipinski definition) is 5. The lowest BCUT2D eigenvalue weighted by Gasteiger charge is -2.23. The molecule has 1 aliphatic heterocycles. The second-order valence-corrected chi connectivity index (χ2v) is 10.5. The van der Waals surface area contributed by atoms with Crippen LogP contribution in [0.5, 0.6) is 5.75 Å². The van der Waals surface area contributed by atoms with Crippen LogP contribution < -0.4 is 4.74 Å². The number of fused-ring (bicyclic) bond motifs is 1. The van der Waals surface area contributed by atoms with Crippen LogP contribution in [-0.4, -0.2) is 34.5 Å². The van der Waals surface area contributed by atoms with Gasteiger partial charge >= 0.3 is 5.97 Å². The predicted octanol–water partition coefficient (Wildman–Crippen LogP) is 7.67. The molecule has 0 saturated heterocycles. The van der Waals surface area contributed by atoms with Gasteiger partial charge in [-0.25, -0.2) is 9.78 Å². The van der Waals surface area contributed by atoms with Crippen LogP contribution in [0.3, 0.4) is 0 Å². The lowest BCUT2D eigenvalue weighted by atomic mass is 9.87. The van der Waals surface area contributed by atoms with E-state index in [1.807, 2.05) is 43.3 Å². The van der Waals surface area contributed by atoms with E-state index in [0.717, 1.165) is 27.8 Å². The Bertz CT molecular complexity index is 1550. The van der Waals surface area contributed by atoms with Gasteiger partial charge in [-0.2, -0.15) is 0 Å². The van der Waals surface area contributed by atoms with E-state index in [1.165, 1.54) is 6.07 Å². The lowest BCUT2D eigenvalue weighted by molar-refractivity contribution is 0.0178. The van der Waals surface area contributed by atoms with Crippen LogP contribution >= 0.6 is 23.2 Å². The molecule has 8 heteroatoms. The van der Waals surface area contributed by atoms with Crippen molar-refractivity contribution in [3.63, 3.8) is 0 Å². The number of rotatable bonds is 7. The van der Waals surface area contributed by atoms with Crippen molar-refractivity contribution in [1.29, 1.82) is 0 Å². The minimum Gasteiger partial charge on any atom is -0.493 e. The summed E-state index contributed by atoms with van der Waals surface area (Å²) >= 11 is 13.0. The summed E-state index contributed by atoms with van der Waals surface area (Å²) < 4.78 is 6.27. The van der Waals surface area contributed by atoms with Crippen LogP contribution in [0.2, 0.25) is 10.0 Å². The van der Waals surface area contributed by atoms with E-state index in [-0.39, 0.29) is 23.6 Å². The van der Waals surface area contributed by atoms with Gasteiger partial charge in [-0.05, 0) is 72.0 Å². The average Bonchev–Trinajstić information content (AvgIpc) is 3.30.